The van der Waals surface area contributed by atoms with Crippen LogP contribution in [-0.4, -0.2) is 30.6 Å². The van der Waals surface area contributed by atoms with Gasteiger partial charge in [-0.3, -0.25) is 9.69 Å². The molecule has 0 aliphatic carbocycles. The number of carbonyl (C=O) groups excluding carboxylic acids is 1. The van der Waals surface area contributed by atoms with Gasteiger partial charge < -0.3 is 4.74 Å². The first-order chi connectivity index (χ1) is 11.3. The van der Waals surface area contributed by atoms with Crippen LogP contribution in [0.25, 0.3) is 0 Å². The van der Waals surface area contributed by atoms with E-state index in [1.807, 2.05) is 6.08 Å². The molecule has 1 fully saturated rings. The highest BCUT2D eigenvalue weighted by molar-refractivity contribution is 8.26. The first-order valence-corrected chi connectivity index (χ1v) is 9.74. The molecule has 6 nitrogen and oxygen atoms in total. The lowest BCUT2D eigenvalue weighted by atomic mass is 10.1. The summed E-state index contributed by atoms with van der Waals surface area (Å²) in [5, 5.41) is 5.08. The Labute approximate surface area is 149 Å². The smallest absolute Gasteiger partial charge is 0.266 e. The van der Waals surface area contributed by atoms with Gasteiger partial charge in [0.25, 0.3) is 5.91 Å². The van der Waals surface area contributed by atoms with Crippen molar-refractivity contribution in [2.45, 2.75) is 17.4 Å². The Hall–Kier alpha value is -1.68. The molecule has 126 valence electrons. The van der Waals surface area contributed by atoms with E-state index in [4.69, 9.17) is 22.1 Å². The van der Waals surface area contributed by atoms with Gasteiger partial charge in [-0.2, -0.15) is 0 Å². The van der Waals surface area contributed by atoms with Gasteiger partial charge in [-0.05, 0) is 29.8 Å². The molecule has 0 spiro atoms. The summed E-state index contributed by atoms with van der Waals surface area (Å²) in [5.74, 6) is 0.458. The van der Waals surface area contributed by atoms with E-state index in [1.54, 1.807) is 25.3 Å². The molecule has 24 heavy (non-hydrogen) atoms. The van der Waals surface area contributed by atoms with E-state index < -0.39 is 10.0 Å². The molecule has 1 amide bonds. The zero-order valence-electron chi connectivity index (χ0n) is 12.6. The predicted molar refractivity (Wildman–Crippen MR) is 95.4 cm³/mol. The quantitative estimate of drug-likeness (QED) is 0.636. The van der Waals surface area contributed by atoms with Crippen molar-refractivity contribution in [2.75, 3.05) is 7.05 Å². The maximum Gasteiger partial charge on any atom is 0.266 e. The summed E-state index contributed by atoms with van der Waals surface area (Å²) in [6, 6.07) is 6.25. The van der Waals surface area contributed by atoms with Crippen LogP contribution in [0.1, 0.15) is 18.1 Å². The second-order valence-corrected chi connectivity index (χ2v) is 8.54. The third kappa shape index (κ3) is 3.39. The molecule has 9 heteroatoms. The van der Waals surface area contributed by atoms with Gasteiger partial charge in [0.15, 0.2) is 0 Å². The number of thioether (sulfide) groups is 1. The van der Waals surface area contributed by atoms with Crippen molar-refractivity contribution in [3.8, 4) is 0 Å². The van der Waals surface area contributed by atoms with Crippen molar-refractivity contribution < 1.29 is 17.9 Å². The average molecular weight is 382 g/mol. The lowest BCUT2D eigenvalue weighted by molar-refractivity contribution is -0.121. The molecule has 2 N–H and O–H groups in total. The Morgan fingerprint density at radius 2 is 2.04 bits per heavy atom. The Bertz CT molecular complexity index is 872. The van der Waals surface area contributed by atoms with Crippen molar-refractivity contribution in [3.05, 3.63) is 52.6 Å². The van der Waals surface area contributed by atoms with Crippen LogP contribution in [-0.2, 0) is 19.6 Å². The summed E-state index contributed by atoms with van der Waals surface area (Å²) in [4.78, 5) is 14.0. The van der Waals surface area contributed by atoms with Crippen molar-refractivity contribution in [2.24, 2.45) is 5.14 Å². The summed E-state index contributed by atoms with van der Waals surface area (Å²) < 4.78 is 28.9. The molecule has 3 rings (SSSR count). The number of ether oxygens (including phenoxy) is 1. The van der Waals surface area contributed by atoms with Crippen molar-refractivity contribution in [1.29, 1.82) is 0 Å². The summed E-state index contributed by atoms with van der Waals surface area (Å²) >= 11 is 6.32. The summed E-state index contributed by atoms with van der Waals surface area (Å²) in [6.45, 7) is 0. The average Bonchev–Trinajstić information content (AvgIpc) is 3.08. The van der Waals surface area contributed by atoms with Crippen LogP contribution in [0.5, 0.6) is 0 Å². The fourth-order valence-electron chi connectivity index (χ4n) is 2.33. The Kier molecular flexibility index (Phi) is 4.52. The number of hydrogen-bond donors (Lipinski definition) is 1. The number of sulfonamides is 1. The van der Waals surface area contributed by atoms with Gasteiger partial charge in [0.1, 0.15) is 16.2 Å². The minimum Gasteiger partial charge on any atom is -0.486 e. The highest BCUT2D eigenvalue weighted by atomic mass is 32.2. The Balaban J connectivity index is 1.71. The fraction of sp³-hybridized carbons (Fsp3) is 0.200. The normalized spacial score (nSPS) is 22.9. The fourth-order valence-corrected chi connectivity index (χ4v) is 4.00. The van der Waals surface area contributed by atoms with Gasteiger partial charge >= 0.3 is 0 Å². The molecule has 1 saturated heterocycles. The second-order valence-electron chi connectivity index (χ2n) is 5.30. The van der Waals surface area contributed by atoms with Crippen LogP contribution in [0.2, 0.25) is 0 Å². The molecular weight excluding hydrogens is 368 g/mol. The molecule has 1 aromatic rings. The summed E-state index contributed by atoms with van der Waals surface area (Å²) in [7, 11) is -2.07. The van der Waals surface area contributed by atoms with Crippen molar-refractivity contribution >= 4 is 44.2 Å². The molecule has 0 bridgehead atoms. The van der Waals surface area contributed by atoms with E-state index in [2.05, 4.69) is 0 Å². The Morgan fingerprint density at radius 3 is 2.58 bits per heavy atom. The largest absolute Gasteiger partial charge is 0.486 e. The number of likely N-dealkylation sites (N-methyl/N-ethyl adjacent to an activating group) is 1. The summed E-state index contributed by atoms with van der Waals surface area (Å²) in [6.07, 6.45) is 3.98. The number of thiocarbonyl (C=S) groups is 1. The number of carbonyl (C=O) groups is 1. The van der Waals surface area contributed by atoms with Gasteiger partial charge in [0.2, 0.25) is 10.0 Å². The number of allylic oxidation sites excluding steroid dienone is 1. The van der Waals surface area contributed by atoms with Crippen LogP contribution in [0.15, 0.2) is 52.0 Å². The lowest BCUT2D eigenvalue weighted by Gasteiger charge is -2.13. The number of rotatable bonds is 3. The first kappa shape index (κ1) is 17.2. The van der Waals surface area contributed by atoms with Gasteiger partial charge in [0.05, 0.1) is 9.80 Å². The van der Waals surface area contributed by atoms with Crippen LogP contribution in [0.4, 0.5) is 0 Å². The third-order valence-electron chi connectivity index (χ3n) is 3.65. The van der Waals surface area contributed by atoms with Gasteiger partial charge in [0, 0.05) is 13.5 Å². The number of amides is 1. The molecule has 0 saturated carbocycles. The summed E-state index contributed by atoms with van der Waals surface area (Å²) in [5.41, 5.74) is 0.838. The highest BCUT2D eigenvalue weighted by Gasteiger charge is 2.30. The predicted octanol–water partition coefficient (Wildman–Crippen LogP) is 2.05. The van der Waals surface area contributed by atoms with Gasteiger partial charge in [-0.25, -0.2) is 13.6 Å². The van der Waals surface area contributed by atoms with E-state index in [0.29, 0.717) is 21.4 Å². The van der Waals surface area contributed by atoms with Crippen molar-refractivity contribution in [3.63, 3.8) is 0 Å². The van der Waals surface area contributed by atoms with Crippen LogP contribution >= 0.6 is 24.0 Å². The zero-order valence-corrected chi connectivity index (χ0v) is 15.1. The maximum absolute atomic E-state index is 12.0. The lowest BCUT2D eigenvalue weighted by Crippen LogP contribution is -2.22. The molecule has 1 atom stereocenters. The number of hydrogen-bond acceptors (Lipinski definition) is 6. The molecule has 0 radical (unpaired) electrons. The number of benzene rings is 1. The standard InChI is InChI=1S/C15H14N2O4S3/c1-17-14(18)13(23-15(17)22)8-10-4-7-12(21-10)9-2-5-11(6-3-9)24(16,19)20/h2-6,8,12H,7H2,1H3,(H2,16,19,20)/b13-8-. The monoisotopic (exact) mass is 382 g/mol. The molecule has 2 heterocycles. The molecule has 1 unspecified atom stereocenters. The first-order valence-electron chi connectivity index (χ1n) is 6.97. The van der Waals surface area contributed by atoms with E-state index in [0.717, 1.165) is 5.56 Å². The maximum atomic E-state index is 12.0. The second kappa shape index (κ2) is 6.32. The minimum atomic E-state index is -3.71. The number of nitrogens with zero attached hydrogens (tertiary/aromatic N) is 1. The Morgan fingerprint density at radius 1 is 1.38 bits per heavy atom. The van der Waals surface area contributed by atoms with E-state index in [1.165, 1.54) is 28.8 Å². The zero-order chi connectivity index (χ0) is 17.5. The molecular formula is C15H14N2O4S3. The van der Waals surface area contributed by atoms with Crippen molar-refractivity contribution in [1.82, 2.24) is 4.90 Å². The van der Waals surface area contributed by atoms with Crippen LogP contribution < -0.4 is 5.14 Å². The number of nitrogens with two attached hydrogens (primary N) is 1. The van der Waals surface area contributed by atoms with Crippen LogP contribution in [0.3, 0.4) is 0 Å². The molecule has 2 aliphatic heterocycles. The van der Waals surface area contributed by atoms with E-state index >= 15 is 0 Å². The van der Waals surface area contributed by atoms with E-state index in [9.17, 15) is 13.2 Å². The SMILES string of the molecule is CN1C(=O)/C(=C/C2=CCC(c3ccc(S(N)(=O)=O)cc3)O2)SC1=S. The van der Waals surface area contributed by atoms with E-state index in [-0.39, 0.29) is 16.9 Å². The highest BCUT2D eigenvalue weighted by Crippen LogP contribution is 2.36. The minimum absolute atomic E-state index is 0.0593. The van der Waals surface area contributed by atoms with Gasteiger partial charge in [-0.1, -0.05) is 36.1 Å². The topological polar surface area (TPSA) is 89.7 Å². The molecule has 0 aromatic heterocycles. The van der Waals surface area contributed by atoms with Gasteiger partial charge in [-0.15, -0.1) is 0 Å². The number of primary sulfonamides is 1. The molecule has 2 aliphatic rings. The molecule has 1 aromatic carbocycles. The van der Waals surface area contributed by atoms with Crippen LogP contribution in [0, 0.1) is 0 Å². The third-order valence-corrected chi connectivity index (χ3v) is 6.07.